The van der Waals surface area contributed by atoms with Crippen LogP contribution in [0.4, 0.5) is 0 Å². The molecule has 2 aromatic rings. The van der Waals surface area contributed by atoms with Crippen molar-refractivity contribution in [1.29, 1.82) is 0 Å². The van der Waals surface area contributed by atoms with Crippen LogP contribution in [0.15, 0.2) is 36.4 Å². The first-order valence-corrected chi connectivity index (χ1v) is 7.63. The lowest BCUT2D eigenvalue weighted by molar-refractivity contribution is -0.148. The number of hydrogen-bond acceptors (Lipinski definition) is 3. The van der Waals surface area contributed by atoms with Crippen molar-refractivity contribution in [2.75, 3.05) is 7.11 Å². The first kappa shape index (κ1) is 16.2. The van der Waals surface area contributed by atoms with Crippen LogP contribution in [0, 0.1) is 5.41 Å². The summed E-state index contributed by atoms with van der Waals surface area (Å²) in [6.45, 7) is 5.84. The minimum Gasteiger partial charge on any atom is -0.468 e. The maximum atomic E-state index is 11.7. The Kier molecular flexibility index (Phi) is 4.96. The first-order valence-electron chi connectivity index (χ1n) is 7.63. The highest BCUT2D eigenvalue weighted by Gasteiger charge is 2.24. The van der Waals surface area contributed by atoms with Gasteiger partial charge < -0.3 is 4.74 Å². The van der Waals surface area contributed by atoms with Crippen molar-refractivity contribution >= 4 is 22.9 Å². The molecule has 0 aliphatic rings. The Morgan fingerprint density at radius 3 is 2.68 bits per heavy atom. The molecule has 0 radical (unpaired) electrons. The van der Waals surface area contributed by atoms with Crippen molar-refractivity contribution in [2.45, 2.75) is 33.6 Å². The van der Waals surface area contributed by atoms with E-state index in [1.54, 1.807) is 0 Å². The van der Waals surface area contributed by atoms with E-state index in [-0.39, 0.29) is 5.97 Å². The lowest BCUT2D eigenvalue weighted by atomic mass is 9.92. The third-order valence-corrected chi connectivity index (χ3v) is 3.68. The number of ether oxygens (including phenoxy) is 1. The van der Waals surface area contributed by atoms with Gasteiger partial charge >= 0.3 is 5.97 Å². The van der Waals surface area contributed by atoms with Crippen molar-refractivity contribution in [3.8, 4) is 0 Å². The van der Waals surface area contributed by atoms with E-state index in [0.717, 1.165) is 35.0 Å². The third kappa shape index (κ3) is 3.73. The lowest BCUT2D eigenvalue weighted by Gasteiger charge is -2.16. The zero-order chi connectivity index (χ0) is 16.2. The molecule has 3 nitrogen and oxygen atoms in total. The first-order chi connectivity index (χ1) is 10.5. The summed E-state index contributed by atoms with van der Waals surface area (Å²) in [7, 11) is 1.41. The van der Waals surface area contributed by atoms with E-state index >= 15 is 0 Å². The van der Waals surface area contributed by atoms with Crippen LogP contribution < -0.4 is 0 Å². The zero-order valence-electron chi connectivity index (χ0n) is 13.7. The molecule has 1 aromatic heterocycles. The van der Waals surface area contributed by atoms with Gasteiger partial charge in [0.15, 0.2) is 0 Å². The fourth-order valence-electron chi connectivity index (χ4n) is 2.31. The number of rotatable bonds is 5. The number of aryl methyl sites for hydroxylation is 1. The molecule has 0 saturated carbocycles. The van der Waals surface area contributed by atoms with E-state index in [9.17, 15) is 4.79 Å². The van der Waals surface area contributed by atoms with Gasteiger partial charge in [0.2, 0.25) is 0 Å². The number of methoxy groups -OCH3 is 1. The molecule has 116 valence electrons. The molecule has 0 unspecified atom stereocenters. The Labute approximate surface area is 132 Å². The van der Waals surface area contributed by atoms with E-state index in [1.165, 1.54) is 7.11 Å². The quantitative estimate of drug-likeness (QED) is 0.768. The molecule has 0 bridgehead atoms. The molecule has 0 fully saturated rings. The van der Waals surface area contributed by atoms with Crippen LogP contribution in [-0.2, 0) is 16.0 Å². The van der Waals surface area contributed by atoms with Gasteiger partial charge in [0.05, 0.1) is 18.0 Å². The molecule has 0 saturated heterocycles. The highest BCUT2D eigenvalue weighted by Crippen LogP contribution is 2.22. The van der Waals surface area contributed by atoms with Crippen molar-refractivity contribution in [2.24, 2.45) is 5.41 Å². The summed E-state index contributed by atoms with van der Waals surface area (Å²) >= 11 is 0. The van der Waals surface area contributed by atoms with Crippen LogP contribution >= 0.6 is 0 Å². The average molecular weight is 297 g/mol. The van der Waals surface area contributed by atoms with Gasteiger partial charge in [-0.1, -0.05) is 43.7 Å². The van der Waals surface area contributed by atoms with Crippen LogP contribution in [0.5, 0.6) is 0 Å². The summed E-state index contributed by atoms with van der Waals surface area (Å²) in [5.41, 5.74) is 2.50. The summed E-state index contributed by atoms with van der Waals surface area (Å²) in [5, 5.41) is 1.13. The van der Waals surface area contributed by atoms with Gasteiger partial charge in [-0.2, -0.15) is 0 Å². The van der Waals surface area contributed by atoms with E-state index in [0.29, 0.717) is 0 Å². The lowest BCUT2D eigenvalue weighted by Crippen LogP contribution is -2.22. The fourth-order valence-corrected chi connectivity index (χ4v) is 2.31. The van der Waals surface area contributed by atoms with E-state index in [1.807, 2.05) is 32.1 Å². The van der Waals surface area contributed by atoms with E-state index in [4.69, 9.17) is 9.72 Å². The van der Waals surface area contributed by atoms with Crippen LogP contribution in [0.1, 0.15) is 38.4 Å². The third-order valence-electron chi connectivity index (χ3n) is 3.68. The second-order valence-corrected chi connectivity index (χ2v) is 6.05. The van der Waals surface area contributed by atoms with Gasteiger partial charge in [-0.05, 0) is 38.0 Å². The largest absolute Gasteiger partial charge is 0.468 e. The number of fused-ring (bicyclic) bond motifs is 1. The number of pyridine rings is 1. The van der Waals surface area contributed by atoms with Crippen LogP contribution in [0.3, 0.4) is 0 Å². The number of carbonyl (C=O) groups is 1. The Bertz CT molecular complexity index is 702. The number of benzene rings is 1. The van der Waals surface area contributed by atoms with Gasteiger partial charge in [0.25, 0.3) is 0 Å². The second-order valence-electron chi connectivity index (χ2n) is 6.05. The molecule has 2 rings (SSSR count). The van der Waals surface area contributed by atoms with Gasteiger partial charge in [-0.15, -0.1) is 0 Å². The number of carbonyl (C=O) groups excluding carboxylic acids is 1. The molecule has 0 amide bonds. The van der Waals surface area contributed by atoms with E-state index < -0.39 is 5.41 Å². The molecule has 3 heteroatoms. The molecule has 0 aliphatic carbocycles. The molecule has 0 N–H and O–H groups in total. The second kappa shape index (κ2) is 6.73. The SMILES string of the molecule is CCCc1ccc2ccc(C=CC(C)(C)C(=O)OC)cc2n1. The van der Waals surface area contributed by atoms with Crippen molar-refractivity contribution in [3.63, 3.8) is 0 Å². The Morgan fingerprint density at radius 1 is 1.27 bits per heavy atom. The maximum Gasteiger partial charge on any atom is 0.315 e. The molecule has 0 aliphatic heterocycles. The van der Waals surface area contributed by atoms with Crippen molar-refractivity contribution in [1.82, 2.24) is 4.98 Å². The summed E-state index contributed by atoms with van der Waals surface area (Å²) in [6, 6.07) is 10.3. The number of aromatic nitrogens is 1. The normalized spacial score (nSPS) is 12.0. The predicted molar refractivity (Wildman–Crippen MR) is 90.6 cm³/mol. The Hall–Kier alpha value is -2.16. The Balaban J connectivity index is 2.30. The molecule has 1 aromatic carbocycles. The smallest absolute Gasteiger partial charge is 0.315 e. The van der Waals surface area contributed by atoms with Gasteiger partial charge in [-0.3, -0.25) is 9.78 Å². The summed E-state index contributed by atoms with van der Waals surface area (Å²) in [5.74, 6) is -0.243. The zero-order valence-corrected chi connectivity index (χ0v) is 13.7. The predicted octanol–water partition coefficient (Wildman–Crippen LogP) is 4.40. The van der Waals surface area contributed by atoms with Gasteiger partial charge in [0.1, 0.15) is 0 Å². The molecule has 0 atom stereocenters. The average Bonchev–Trinajstić information content (AvgIpc) is 2.52. The molecular formula is C19H23NO2. The highest BCUT2D eigenvalue weighted by atomic mass is 16.5. The van der Waals surface area contributed by atoms with Crippen LogP contribution in [0.25, 0.3) is 17.0 Å². The maximum absolute atomic E-state index is 11.7. The van der Waals surface area contributed by atoms with Crippen molar-refractivity contribution < 1.29 is 9.53 Å². The van der Waals surface area contributed by atoms with Gasteiger partial charge in [-0.25, -0.2) is 0 Å². The Morgan fingerprint density at radius 2 is 2.00 bits per heavy atom. The fraction of sp³-hybridized carbons (Fsp3) is 0.368. The minimum atomic E-state index is -0.638. The van der Waals surface area contributed by atoms with Crippen LogP contribution in [-0.4, -0.2) is 18.1 Å². The van der Waals surface area contributed by atoms with Crippen molar-refractivity contribution in [3.05, 3.63) is 47.7 Å². The summed E-state index contributed by atoms with van der Waals surface area (Å²) in [4.78, 5) is 16.4. The molecule has 22 heavy (non-hydrogen) atoms. The van der Waals surface area contributed by atoms with Gasteiger partial charge in [0, 0.05) is 11.1 Å². The monoisotopic (exact) mass is 297 g/mol. The minimum absolute atomic E-state index is 0.243. The van der Waals surface area contributed by atoms with Crippen LogP contribution in [0.2, 0.25) is 0 Å². The number of hydrogen-bond donors (Lipinski definition) is 0. The standard InChI is InChI=1S/C19H23NO2/c1-5-6-16-10-9-15-8-7-14(13-17(15)20-16)11-12-19(2,3)18(21)22-4/h7-13H,5-6H2,1-4H3. The van der Waals surface area contributed by atoms with E-state index in [2.05, 4.69) is 31.2 Å². The number of nitrogens with zero attached hydrogens (tertiary/aromatic N) is 1. The summed E-state index contributed by atoms with van der Waals surface area (Å²) in [6.07, 6.45) is 5.90. The molecular weight excluding hydrogens is 274 g/mol. The highest BCUT2D eigenvalue weighted by molar-refractivity contribution is 5.83. The summed E-state index contributed by atoms with van der Waals surface area (Å²) < 4.78 is 4.81. The topological polar surface area (TPSA) is 39.2 Å². The number of esters is 1. The molecule has 0 spiro atoms. The molecule has 1 heterocycles.